The van der Waals surface area contributed by atoms with Gasteiger partial charge in [-0.25, -0.2) is 0 Å². The normalized spacial score (nSPS) is 11.8. The van der Waals surface area contributed by atoms with E-state index in [1.54, 1.807) is 111 Å². The molecule has 0 saturated carbocycles. The van der Waals surface area contributed by atoms with E-state index in [-0.39, 0.29) is 11.6 Å². The number of ketones is 2. The van der Waals surface area contributed by atoms with Gasteiger partial charge in [-0.15, -0.1) is 0 Å². The summed E-state index contributed by atoms with van der Waals surface area (Å²) in [6.07, 6.45) is 0. The number of benzene rings is 4. The summed E-state index contributed by atoms with van der Waals surface area (Å²) in [6, 6.07) is 31.5. The van der Waals surface area contributed by atoms with Crippen molar-refractivity contribution in [2.75, 3.05) is 0 Å². The van der Waals surface area contributed by atoms with Gasteiger partial charge in [0.15, 0.2) is 11.6 Å². The first-order valence-electron chi connectivity index (χ1n) is 12.0. The molecule has 6 heteroatoms. The molecule has 0 aliphatic carbocycles. The van der Waals surface area contributed by atoms with Crippen LogP contribution in [0.4, 0.5) is 0 Å². The van der Waals surface area contributed by atoms with Crippen molar-refractivity contribution in [3.8, 4) is 0 Å². The Morgan fingerprint density at radius 3 is 1.11 bits per heavy atom. The number of aliphatic carboxylic acids is 2. The molecule has 0 aliphatic heterocycles. The number of carbonyl (C=O) groups excluding carboxylic acids is 2. The van der Waals surface area contributed by atoms with E-state index in [2.05, 4.69) is 0 Å². The van der Waals surface area contributed by atoms with Crippen molar-refractivity contribution < 1.29 is 29.4 Å². The van der Waals surface area contributed by atoms with Crippen molar-refractivity contribution in [2.24, 2.45) is 0 Å². The highest BCUT2D eigenvalue weighted by Crippen LogP contribution is 2.20. The van der Waals surface area contributed by atoms with Gasteiger partial charge in [0.1, 0.15) is 0 Å². The van der Waals surface area contributed by atoms with Crippen molar-refractivity contribution >= 4 is 23.5 Å². The third-order valence-electron chi connectivity index (χ3n) is 6.11. The third-order valence-corrected chi connectivity index (χ3v) is 6.11. The predicted octanol–water partition coefficient (Wildman–Crippen LogP) is 6.21. The topological polar surface area (TPSA) is 109 Å². The van der Waals surface area contributed by atoms with E-state index in [0.29, 0.717) is 33.4 Å². The molecule has 4 aromatic carbocycles. The second-order valence-electron chi connectivity index (χ2n) is 8.76. The zero-order valence-corrected chi connectivity index (χ0v) is 21.1. The smallest absolute Gasteiger partial charge is 0.310 e. The number of carbonyl (C=O) groups is 4. The third kappa shape index (κ3) is 7.11. The van der Waals surface area contributed by atoms with Crippen molar-refractivity contribution in [2.45, 2.75) is 25.7 Å². The number of carboxylic acid groups (broad SMARTS) is 2. The zero-order valence-electron chi connectivity index (χ0n) is 21.1. The molecule has 192 valence electrons. The van der Waals surface area contributed by atoms with E-state index in [1.807, 2.05) is 12.1 Å². The quantitative estimate of drug-likeness (QED) is 0.274. The van der Waals surface area contributed by atoms with Crippen LogP contribution in [0.25, 0.3) is 0 Å². The van der Waals surface area contributed by atoms with Gasteiger partial charge in [0, 0.05) is 22.3 Å². The van der Waals surface area contributed by atoms with E-state index in [4.69, 9.17) is 10.2 Å². The molecular weight excluding hydrogens is 480 g/mol. The molecule has 0 bridgehead atoms. The van der Waals surface area contributed by atoms with Crippen molar-refractivity contribution in [1.29, 1.82) is 0 Å². The number of rotatable bonds is 8. The first-order chi connectivity index (χ1) is 18.2. The van der Waals surface area contributed by atoms with Crippen molar-refractivity contribution in [3.63, 3.8) is 0 Å². The van der Waals surface area contributed by atoms with Crippen LogP contribution in [-0.4, -0.2) is 33.7 Å². The van der Waals surface area contributed by atoms with Gasteiger partial charge in [-0.3, -0.25) is 19.2 Å². The lowest BCUT2D eigenvalue weighted by Crippen LogP contribution is -2.09. The van der Waals surface area contributed by atoms with Crippen LogP contribution in [0, 0.1) is 0 Å². The SMILES string of the molecule is C[C@@H](C(=O)O)c1cccc(C(=O)c2ccccc2)c1.C[C@H](C(=O)O)c1cccc(C(=O)c2ccccc2)c1. The molecule has 0 heterocycles. The van der Waals surface area contributed by atoms with E-state index in [0.717, 1.165) is 0 Å². The molecule has 2 N–H and O–H groups in total. The Balaban J connectivity index is 0.000000211. The number of carboxylic acids is 2. The Morgan fingerprint density at radius 2 is 0.789 bits per heavy atom. The Hall–Kier alpha value is -4.84. The van der Waals surface area contributed by atoms with E-state index < -0.39 is 23.8 Å². The minimum absolute atomic E-state index is 0.0972. The molecule has 0 amide bonds. The first-order valence-corrected chi connectivity index (χ1v) is 12.0. The molecule has 38 heavy (non-hydrogen) atoms. The Morgan fingerprint density at radius 1 is 0.474 bits per heavy atom. The molecule has 0 unspecified atom stereocenters. The molecule has 4 rings (SSSR count). The molecule has 6 nitrogen and oxygen atoms in total. The summed E-state index contributed by atoms with van der Waals surface area (Å²) in [7, 11) is 0. The van der Waals surface area contributed by atoms with Crippen LogP contribution in [-0.2, 0) is 9.59 Å². The summed E-state index contributed by atoms with van der Waals surface area (Å²) in [5.74, 6) is -3.24. The van der Waals surface area contributed by atoms with Gasteiger partial charge in [0.05, 0.1) is 11.8 Å². The Kier molecular flexibility index (Phi) is 9.43. The molecule has 0 aliphatic rings. The van der Waals surface area contributed by atoms with Crippen LogP contribution in [0.2, 0.25) is 0 Å². The van der Waals surface area contributed by atoms with Crippen LogP contribution in [0.1, 0.15) is 68.7 Å². The molecule has 2 atom stereocenters. The first kappa shape index (κ1) is 27.7. The second-order valence-corrected chi connectivity index (χ2v) is 8.76. The monoisotopic (exact) mass is 508 g/mol. The minimum Gasteiger partial charge on any atom is -0.481 e. The average molecular weight is 509 g/mol. The Bertz CT molecular complexity index is 1320. The molecule has 0 aromatic heterocycles. The molecular formula is C32H28O6. The van der Waals surface area contributed by atoms with Crippen molar-refractivity contribution in [1.82, 2.24) is 0 Å². The van der Waals surface area contributed by atoms with Crippen LogP contribution in [0.3, 0.4) is 0 Å². The standard InChI is InChI=1S/2C16H14O3/c2*1-11(16(18)19)13-8-5-9-14(10-13)15(17)12-6-3-2-4-7-12/h2*2-11H,1H3,(H,18,19)/t2*11-/m10/s1. The highest BCUT2D eigenvalue weighted by molar-refractivity contribution is 6.09. The van der Waals surface area contributed by atoms with E-state index >= 15 is 0 Å². The van der Waals surface area contributed by atoms with Crippen LogP contribution in [0.15, 0.2) is 109 Å². The fourth-order valence-electron chi connectivity index (χ4n) is 3.70. The Labute approximate surface area is 221 Å². The van der Waals surface area contributed by atoms with Gasteiger partial charge in [0.2, 0.25) is 0 Å². The molecule has 0 saturated heterocycles. The van der Waals surface area contributed by atoms with E-state index in [9.17, 15) is 19.2 Å². The largest absolute Gasteiger partial charge is 0.481 e. The maximum atomic E-state index is 12.2. The van der Waals surface area contributed by atoms with Crippen LogP contribution >= 0.6 is 0 Å². The lowest BCUT2D eigenvalue weighted by Gasteiger charge is -2.08. The predicted molar refractivity (Wildman–Crippen MR) is 145 cm³/mol. The van der Waals surface area contributed by atoms with Gasteiger partial charge in [-0.1, -0.05) is 97.1 Å². The highest BCUT2D eigenvalue weighted by atomic mass is 16.4. The second kappa shape index (κ2) is 12.9. The van der Waals surface area contributed by atoms with Gasteiger partial charge in [-0.05, 0) is 37.1 Å². The number of hydrogen-bond donors (Lipinski definition) is 2. The highest BCUT2D eigenvalue weighted by Gasteiger charge is 2.17. The fraction of sp³-hybridized carbons (Fsp3) is 0.125. The van der Waals surface area contributed by atoms with Gasteiger partial charge < -0.3 is 10.2 Å². The fourth-order valence-corrected chi connectivity index (χ4v) is 3.70. The summed E-state index contributed by atoms with van der Waals surface area (Å²) in [4.78, 5) is 46.4. The molecule has 0 spiro atoms. The van der Waals surface area contributed by atoms with Gasteiger partial charge >= 0.3 is 11.9 Å². The van der Waals surface area contributed by atoms with E-state index in [1.165, 1.54) is 0 Å². The minimum atomic E-state index is -0.899. The maximum absolute atomic E-state index is 12.2. The molecule has 4 aromatic rings. The van der Waals surface area contributed by atoms with Crippen molar-refractivity contribution in [3.05, 3.63) is 143 Å². The lowest BCUT2D eigenvalue weighted by atomic mass is 9.96. The number of hydrogen-bond acceptors (Lipinski definition) is 4. The lowest BCUT2D eigenvalue weighted by molar-refractivity contribution is -0.139. The van der Waals surface area contributed by atoms with Crippen LogP contribution in [0.5, 0.6) is 0 Å². The zero-order chi connectivity index (χ0) is 27.7. The molecule has 0 fully saturated rings. The summed E-state index contributed by atoms with van der Waals surface area (Å²) in [5, 5.41) is 18.0. The summed E-state index contributed by atoms with van der Waals surface area (Å²) < 4.78 is 0. The van der Waals surface area contributed by atoms with Gasteiger partial charge in [0.25, 0.3) is 0 Å². The van der Waals surface area contributed by atoms with Gasteiger partial charge in [-0.2, -0.15) is 0 Å². The average Bonchev–Trinajstić information content (AvgIpc) is 2.96. The maximum Gasteiger partial charge on any atom is 0.310 e. The summed E-state index contributed by atoms with van der Waals surface area (Å²) in [6.45, 7) is 3.21. The summed E-state index contributed by atoms with van der Waals surface area (Å²) >= 11 is 0. The van der Waals surface area contributed by atoms with Crippen LogP contribution < -0.4 is 0 Å². The summed E-state index contributed by atoms with van der Waals surface area (Å²) in [5.41, 5.74) is 3.49. The molecule has 0 radical (unpaired) electrons.